The van der Waals surface area contributed by atoms with Crippen LogP contribution in [0.4, 0.5) is 4.39 Å². The van der Waals surface area contributed by atoms with E-state index >= 15 is 0 Å². The lowest BCUT2D eigenvalue weighted by Gasteiger charge is -2.20. The van der Waals surface area contributed by atoms with Crippen LogP contribution in [0.2, 0.25) is 5.02 Å². The summed E-state index contributed by atoms with van der Waals surface area (Å²) in [5.74, 6) is -1.88. The molecule has 0 atom stereocenters. The van der Waals surface area contributed by atoms with Crippen molar-refractivity contribution < 1.29 is 22.7 Å². The Balaban J connectivity index is 3.32. The first-order chi connectivity index (χ1) is 9.20. The first-order valence-corrected chi connectivity index (χ1v) is 7.69. The van der Waals surface area contributed by atoms with E-state index in [9.17, 15) is 17.6 Å². The normalized spacial score (nSPS) is 11.8. The Morgan fingerprint density at radius 3 is 2.55 bits per heavy atom. The molecule has 0 unspecified atom stereocenters. The summed E-state index contributed by atoms with van der Waals surface area (Å²) in [4.78, 5) is 10.5. The average Bonchev–Trinajstić information content (AvgIpc) is 2.32. The van der Waals surface area contributed by atoms with Gasteiger partial charge in [0, 0.05) is 6.54 Å². The van der Waals surface area contributed by atoms with Crippen LogP contribution in [0, 0.1) is 12.7 Å². The largest absolute Gasteiger partial charge is 0.480 e. The van der Waals surface area contributed by atoms with Gasteiger partial charge in [-0.2, -0.15) is 4.31 Å². The van der Waals surface area contributed by atoms with Crippen LogP contribution in [0.1, 0.15) is 18.9 Å². The molecule has 1 N–H and O–H groups in total. The van der Waals surface area contributed by atoms with Crippen molar-refractivity contribution in [1.29, 1.82) is 0 Å². The smallest absolute Gasteiger partial charge is 0.318 e. The lowest BCUT2D eigenvalue weighted by molar-refractivity contribution is -0.137. The Morgan fingerprint density at radius 1 is 1.45 bits per heavy atom. The van der Waals surface area contributed by atoms with Crippen LogP contribution in [0.5, 0.6) is 0 Å². The summed E-state index contributed by atoms with van der Waals surface area (Å²) in [7, 11) is -4.07. The van der Waals surface area contributed by atoms with E-state index < -0.39 is 28.4 Å². The molecule has 0 aliphatic carbocycles. The van der Waals surface area contributed by atoms with Gasteiger partial charge < -0.3 is 5.11 Å². The number of aryl methyl sites for hydroxylation is 1. The highest BCUT2D eigenvalue weighted by Crippen LogP contribution is 2.27. The van der Waals surface area contributed by atoms with Gasteiger partial charge in [-0.25, -0.2) is 12.8 Å². The minimum atomic E-state index is -4.07. The number of nitrogens with zero attached hydrogens (tertiary/aromatic N) is 1. The predicted molar refractivity (Wildman–Crippen MR) is 72.8 cm³/mol. The molecule has 0 bridgehead atoms. The van der Waals surface area contributed by atoms with E-state index in [2.05, 4.69) is 0 Å². The minimum Gasteiger partial charge on any atom is -0.480 e. The molecule has 0 aromatic heterocycles. The fourth-order valence-corrected chi connectivity index (χ4v) is 3.71. The van der Waals surface area contributed by atoms with Gasteiger partial charge in [-0.15, -0.1) is 0 Å². The fourth-order valence-electron chi connectivity index (χ4n) is 1.65. The van der Waals surface area contributed by atoms with Crippen LogP contribution < -0.4 is 0 Å². The van der Waals surface area contributed by atoms with E-state index in [1.165, 1.54) is 6.92 Å². The molecule has 20 heavy (non-hydrogen) atoms. The van der Waals surface area contributed by atoms with Crippen LogP contribution in [0.25, 0.3) is 0 Å². The average molecular weight is 324 g/mol. The number of benzene rings is 1. The number of sulfonamides is 1. The summed E-state index contributed by atoms with van der Waals surface area (Å²) in [5.41, 5.74) is 0.125. The van der Waals surface area contributed by atoms with E-state index in [1.54, 1.807) is 6.92 Å². The zero-order valence-corrected chi connectivity index (χ0v) is 12.6. The summed E-state index contributed by atoms with van der Waals surface area (Å²) in [5, 5.41) is 8.53. The third kappa shape index (κ3) is 3.68. The summed E-state index contributed by atoms with van der Waals surface area (Å²) < 4.78 is 38.9. The van der Waals surface area contributed by atoms with Crippen molar-refractivity contribution in [3.05, 3.63) is 28.5 Å². The van der Waals surface area contributed by atoms with E-state index in [4.69, 9.17) is 16.7 Å². The van der Waals surface area contributed by atoms with Gasteiger partial charge in [0.05, 0.1) is 5.02 Å². The molecule has 1 rings (SSSR count). The fraction of sp³-hybridized carbons (Fsp3) is 0.417. The second-order valence-corrected chi connectivity index (χ2v) is 6.58. The van der Waals surface area contributed by atoms with E-state index in [-0.39, 0.29) is 22.0 Å². The van der Waals surface area contributed by atoms with Gasteiger partial charge in [0.25, 0.3) is 0 Å². The highest BCUT2D eigenvalue weighted by atomic mass is 35.5. The molecule has 0 heterocycles. The number of carboxylic acid groups (broad SMARTS) is 1. The van der Waals surface area contributed by atoms with Crippen molar-refractivity contribution in [2.24, 2.45) is 0 Å². The Labute approximate surface area is 122 Å². The first-order valence-electron chi connectivity index (χ1n) is 5.87. The van der Waals surface area contributed by atoms with Crippen molar-refractivity contribution >= 4 is 27.6 Å². The van der Waals surface area contributed by atoms with Gasteiger partial charge in [-0.05, 0) is 31.0 Å². The topological polar surface area (TPSA) is 74.7 Å². The third-order valence-corrected chi connectivity index (χ3v) is 4.93. The number of halogens is 2. The number of carbonyl (C=O) groups is 1. The number of hydrogen-bond acceptors (Lipinski definition) is 3. The Bertz CT molecular complexity index is 618. The molecule has 0 fully saturated rings. The molecule has 5 nitrogen and oxygen atoms in total. The van der Waals surface area contributed by atoms with E-state index in [1.807, 2.05) is 0 Å². The molecule has 0 amide bonds. The number of aliphatic carboxylic acids is 1. The molecule has 1 aromatic rings. The lowest BCUT2D eigenvalue weighted by atomic mass is 10.2. The molecular weight excluding hydrogens is 309 g/mol. The molecule has 1 aromatic carbocycles. The van der Waals surface area contributed by atoms with Crippen molar-refractivity contribution in [2.45, 2.75) is 25.2 Å². The highest BCUT2D eigenvalue weighted by molar-refractivity contribution is 7.89. The van der Waals surface area contributed by atoms with Gasteiger partial charge in [0.15, 0.2) is 0 Å². The molecule has 0 aliphatic rings. The van der Waals surface area contributed by atoms with E-state index in [0.717, 1.165) is 16.4 Å². The molecule has 0 saturated heterocycles. The maximum Gasteiger partial charge on any atom is 0.318 e. The minimum absolute atomic E-state index is 0.0430. The van der Waals surface area contributed by atoms with Crippen LogP contribution in [-0.2, 0) is 14.8 Å². The Morgan fingerprint density at radius 2 is 2.05 bits per heavy atom. The van der Waals surface area contributed by atoms with Crippen LogP contribution in [0.15, 0.2) is 17.0 Å². The molecule has 0 saturated carbocycles. The summed E-state index contributed by atoms with van der Waals surface area (Å²) in [6.45, 7) is 2.51. The van der Waals surface area contributed by atoms with Crippen LogP contribution in [0.3, 0.4) is 0 Å². The quantitative estimate of drug-likeness (QED) is 0.871. The SMILES string of the molecule is CCCN(CC(=O)O)S(=O)(=O)c1cc(C)c(F)cc1Cl. The number of carboxylic acids is 1. The monoisotopic (exact) mass is 323 g/mol. The molecule has 112 valence electrons. The summed E-state index contributed by atoms with van der Waals surface area (Å²) in [6, 6.07) is 2.02. The van der Waals surface area contributed by atoms with E-state index in [0.29, 0.717) is 6.42 Å². The van der Waals surface area contributed by atoms with Crippen LogP contribution in [-0.4, -0.2) is 36.9 Å². The maximum absolute atomic E-state index is 13.3. The molecular formula is C12H15ClFNO4S. The third-order valence-electron chi connectivity index (χ3n) is 2.62. The molecule has 0 spiro atoms. The standard InChI is InChI=1S/C12H15ClFNO4S/c1-3-4-15(7-12(16)17)20(18,19)11-5-8(2)10(14)6-9(11)13/h5-6H,3-4,7H2,1-2H3,(H,16,17). The second-order valence-electron chi connectivity index (χ2n) is 4.26. The van der Waals surface area contributed by atoms with Crippen molar-refractivity contribution in [1.82, 2.24) is 4.31 Å². The highest BCUT2D eigenvalue weighted by Gasteiger charge is 2.28. The van der Waals surface area contributed by atoms with Gasteiger partial charge in [0.2, 0.25) is 10.0 Å². The molecule has 8 heteroatoms. The molecule has 0 radical (unpaired) electrons. The Hall–Kier alpha value is -1.18. The van der Waals surface area contributed by atoms with Gasteiger partial charge in [0.1, 0.15) is 17.3 Å². The van der Waals surface area contributed by atoms with Crippen molar-refractivity contribution in [3.8, 4) is 0 Å². The van der Waals surface area contributed by atoms with Gasteiger partial charge >= 0.3 is 5.97 Å². The van der Waals surface area contributed by atoms with Gasteiger partial charge in [-0.3, -0.25) is 4.79 Å². The number of hydrogen-bond donors (Lipinski definition) is 1. The van der Waals surface area contributed by atoms with Crippen molar-refractivity contribution in [2.75, 3.05) is 13.1 Å². The first kappa shape index (κ1) is 16.9. The summed E-state index contributed by atoms with van der Waals surface area (Å²) >= 11 is 5.77. The predicted octanol–water partition coefficient (Wildman–Crippen LogP) is 2.27. The zero-order chi connectivity index (χ0) is 15.5. The lowest BCUT2D eigenvalue weighted by Crippen LogP contribution is -2.36. The Kier molecular flexibility index (Phi) is 5.50. The van der Waals surface area contributed by atoms with Crippen molar-refractivity contribution in [3.63, 3.8) is 0 Å². The molecule has 0 aliphatic heterocycles. The second kappa shape index (κ2) is 6.51. The number of rotatable bonds is 6. The maximum atomic E-state index is 13.3. The van der Waals surface area contributed by atoms with Crippen LogP contribution >= 0.6 is 11.6 Å². The van der Waals surface area contributed by atoms with Gasteiger partial charge in [-0.1, -0.05) is 18.5 Å². The zero-order valence-electron chi connectivity index (χ0n) is 11.1. The summed E-state index contributed by atoms with van der Waals surface area (Å²) in [6.07, 6.45) is 0.449.